The molecule has 2 rings (SSSR count). The quantitative estimate of drug-likeness (QED) is 0.924. The summed E-state index contributed by atoms with van der Waals surface area (Å²) in [4.78, 5) is 2.03. The Hall–Kier alpha value is -1.31. The number of para-hydroxylation sites is 1. The second-order valence-corrected chi connectivity index (χ2v) is 4.78. The third kappa shape index (κ3) is 3.84. The number of alkyl halides is 3. The molecule has 1 aliphatic heterocycles. The average Bonchev–Trinajstić information content (AvgIpc) is 2.37. The van der Waals surface area contributed by atoms with Crippen molar-refractivity contribution in [1.82, 2.24) is 4.90 Å². The fourth-order valence-electron chi connectivity index (χ4n) is 2.20. The van der Waals surface area contributed by atoms with Crippen molar-refractivity contribution in [2.75, 3.05) is 26.7 Å². The predicted octanol–water partition coefficient (Wildman–Crippen LogP) is 1.92. The molecule has 7 heteroatoms. The van der Waals surface area contributed by atoms with E-state index < -0.39 is 12.4 Å². The Morgan fingerprint density at radius 1 is 1.40 bits per heavy atom. The van der Waals surface area contributed by atoms with Gasteiger partial charge in [0, 0.05) is 18.7 Å². The summed E-state index contributed by atoms with van der Waals surface area (Å²) in [5.41, 5.74) is 6.35. The van der Waals surface area contributed by atoms with Gasteiger partial charge in [-0.25, -0.2) is 0 Å². The molecule has 0 aromatic heterocycles. The number of ether oxygens (including phenoxy) is 2. The molecule has 2 atom stereocenters. The molecule has 1 heterocycles. The number of hydrogen-bond donors (Lipinski definition) is 1. The molecule has 0 saturated carbocycles. The molecule has 2 unspecified atom stereocenters. The second-order valence-electron chi connectivity index (χ2n) is 4.78. The van der Waals surface area contributed by atoms with Crippen molar-refractivity contribution in [1.29, 1.82) is 0 Å². The van der Waals surface area contributed by atoms with Crippen molar-refractivity contribution < 1.29 is 22.6 Å². The summed E-state index contributed by atoms with van der Waals surface area (Å²) in [6.07, 6.45) is -5.09. The first-order valence-electron chi connectivity index (χ1n) is 6.27. The third-order valence-corrected chi connectivity index (χ3v) is 3.20. The van der Waals surface area contributed by atoms with Crippen LogP contribution in [0.5, 0.6) is 5.75 Å². The lowest BCUT2D eigenvalue weighted by Crippen LogP contribution is -2.45. The smallest absolute Gasteiger partial charge is 0.405 e. The number of benzene rings is 1. The fraction of sp³-hybridized carbons (Fsp3) is 0.538. The highest BCUT2D eigenvalue weighted by molar-refractivity contribution is 5.36. The van der Waals surface area contributed by atoms with Gasteiger partial charge in [-0.1, -0.05) is 18.2 Å². The lowest BCUT2D eigenvalue weighted by Gasteiger charge is -2.34. The minimum atomic E-state index is -4.74. The largest absolute Gasteiger partial charge is 0.573 e. The van der Waals surface area contributed by atoms with E-state index in [1.54, 1.807) is 6.07 Å². The number of halogens is 3. The van der Waals surface area contributed by atoms with Gasteiger partial charge in [-0.05, 0) is 13.1 Å². The Morgan fingerprint density at radius 2 is 2.10 bits per heavy atom. The highest BCUT2D eigenvalue weighted by Gasteiger charge is 2.34. The van der Waals surface area contributed by atoms with Gasteiger partial charge < -0.3 is 20.1 Å². The van der Waals surface area contributed by atoms with E-state index in [9.17, 15) is 13.2 Å². The van der Waals surface area contributed by atoms with Gasteiger partial charge in [-0.2, -0.15) is 0 Å². The van der Waals surface area contributed by atoms with E-state index in [4.69, 9.17) is 10.5 Å². The van der Waals surface area contributed by atoms with Gasteiger partial charge in [-0.3, -0.25) is 0 Å². The molecule has 0 bridgehead atoms. The summed E-state index contributed by atoms with van der Waals surface area (Å²) in [5, 5.41) is 0. The summed E-state index contributed by atoms with van der Waals surface area (Å²) in [6, 6.07) is 5.23. The first-order valence-corrected chi connectivity index (χ1v) is 6.27. The van der Waals surface area contributed by atoms with Crippen LogP contribution in [0.4, 0.5) is 13.2 Å². The Kier molecular flexibility index (Phi) is 4.52. The summed E-state index contributed by atoms with van der Waals surface area (Å²) in [5.74, 6) is -0.274. The number of nitrogens with two attached hydrogens (primary N) is 1. The van der Waals surface area contributed by atoms with Crippen LogP contribution in [0.3, 0.4) is 0 Å². The van der Waals surface area contributed by atoms with Crippen molar-refractivity contribution in [3.63, 3.8) is 0 Å². The molecule has 1 saturated heterocycles. The Labute approximate surface area is 115 Å². The van der Waals surface area contributed by atoms with E-state index in [1.807, 2.05) is 11.9 Å². The van der Waals surface area contributed by atoms with Crippen LogP contribution in [-0.2, 0) is 4.74 Å². The molecular weight excluding hydrogens is 273 g/mol. The molecule has 0 aliphatic carbocycles. The molecule has 0 spiro atoms. The molecule has 0 radical (unpaired) electrons. The van der Waals surface area contributed by atoms with E-state index in [0.29, 0.717) is 18.7 Å². The maximum absolute atomic E-state index is 12.4. The van der Waals surface area contributed by atoms with E-state index in [1.165, 1.54) is 18.2 Å². The zero-order chi connectivity index (χ0) is 14.8. The van der Waals surface area contributed by atoms with E-state index in [0.717, 1.165) is 6.54 Å². The number of likely N-dealkylation sites (N-methyl/N-ethyl adjacent to an activating group) is 1. The van der Waals surface area contributed by atoms with Crippen LogP contribution in [0.15, 0.2) is 24.3 Å². The Balaban J connectivity index is 2.18. The minimum Gasteiger partial charge on any atom is -0.405 e. The zero-order valence-corrected chi connectivity index (χ0v) is 11.1. The SMILES string of the molecule is CN1CCOC(C(N)c2ccccc2OC(F)(F)F)C1. The first kappa shape index (κ1) is 15.1. The minimum absolute atomic E-state index is 0.274. The van der Waals surface area contributed by atoms with E-state index >= 15 is 0 Å². The maximum atomic E-state index is 12.4. The number of nitrogens with zero attached hydrogens (tertiary/aromatic N) is 1. The van der Waals surface area contributed by atoms with E-state index in [-0.39, 0.29) is 11.9 Å². The fourth-order valence-corrected chi connectivity index (χ4v) is 2.20. The van der Waals surface area contributed by atoms with Crippen LogP contribution in [0.2, 0.25) is 0 Å². The van der Waals surface area contributed by atoms with Crippen molar-refractivity contribution in [2.24, 2.45) is 5.73 Å². The second kappa shape index (κ2) is 5.99. The standard InChI is InChI=1S/C13H17F3N2O2/c1-18-6-7-19-11(8-18)12(17)9-4-2-3-5-10(9)20-13(14,15)16/h2-5,11-12H,6-8,17H2,1H3. The van der Waals surface area contributed by atoms with Gasteiger partial charge in [-0.15, -0.1) is 13.2 Å². The van der Waals surface area contributed by atoms with Gasteiger partial charge in [0.15, 0.2) is 0 Å². The van der Waals surface area contributed by atoms with Gasteiger partial charge in [0.2, 0.25) is 0 Å². The molecule has 1 aromatic rings. The molecule has 1 aromatic carbocycles. The molecule has 1 fully saturated rings. The molecule has 0 amide bonds. The summed E-state index contributed by atoms with van der Waals surface area (Å²) in [6.45, 7) is 1.86. The molecular formula is C13H17F3N2O2. The Morgan fingerprint density at radius 3 is 2.75 bits per heavy atom. The van der Waals surface area contributed by atoms with Crippen LogP contribution in [0.25, 0.3) is 0 Å². The number of rotatable bonds is 3. The molecule has 1 aliphatic rings. The van der Waals surface area contributed by atoms with Crippen LogP contribution in [0, 0.1) is 0 Å². The molecule has 112 valence electrons. The lowest BCUT2D eigenvalue weighted by molar-refractivity contribution is -0.275. The van der Waals surface area contributed by atoms with Crippen molar-refractivity contribution in [3.8, 4) is 5.75 Å². The van der Waals surface area contributed by atoms with Crippen molar-refractivity contribution in [3.05, 3.63) is 29.8 Å². The van der Waals surface area contributed by atoms with Gasteiger partial charge in [0.1, 0.15) is 5.75 Å². The van der Waals surface area contributed by atoms with Crippen LogP contribution in [-0.4, -0.2) is 44.1 Å². The molecule has 20 heavy (non-hydrogen) atoms. The van der Waals surface area contributed by atoms with Crippen LogP contribution < -0.4 is 10.5 Å². The molecule has 2 N–H and O–H groups in total. The summed E-state index contributed by atoms with van der Waals surface area (Å²) < 4.78 is 46.7. The van der Waals surface area contributed by atoms with Crippen molar-refractivity contribution >= 4 is 0 Å². The zero-order valence-electron chi connectivity index (χ0n) is 11.1. The lowest BCUT2D eigenvalue weighted by atomic mass is 10.00. The summed E-state index contributed by atoms with van der Waals surface area (Å²) >= 11 is 0. The number of morpholine rings is 1. The monoisotopic (exact) mass is 290 g/mol. The van der Waals surface area contributed by atoms with Crippen LogP contribution in [0.1, 0.15) is 11.6 Å². The van der Waals surface area contributed by atoms with Gasteiger partial charge >= 0.3 is 6.36 Å². The highest BCUT2D eigenvalue weighted by Crippen LogP contribution is 2.31. The highest BCUT2D eigenvalue weighted by atomic mass is 19.4. The van der Waals surface area contributed by atoms with Crippen molar-refractivity contribution in [2.45, 2.75) is 18.5 Å². The summed E-state index contributed by atoms with van der Waals surface area (Å²) in [7, 11) is 1.92. The normalized spacial score (nSPS) is 22.6. The Bertz CT molecular complexity index is 453. The van der Waals surface area contributed by atoms with Crippen LogP contribution >= 0.6 is 0 Å². The average molecular weight is 290 g/mol. The first-order chi connectivity index (χ1) is 9.37. The predicted molar refractivity (Wildman–Crippen MR) is 67.3 cm³/mol. The third-order valence-electron chi connectivity index (χ3n) is 3.20. The number of hydrogen-bond acceptors (Lipinski definition) is 4. The maximum Gasteiger partial charge on any atom is 0.573 e. The van der Waals surface area contributed by atoms with E-state index in [2.05, 4.69) is 4.74 Å². The van der Waals surface area contributed by atoms with Gasteiger partial charge in [0.25, 0.3) is 0 Å². The topological polar surface area (TPSA) is 47.7 Å². The van der Waals surface area contributed by atoms with Gasteiger partial charge in [0.05, 0.1) is 18.8 Å². The molecule has 4 nitrogen and oxygen atoms in total.